The highest BCUT2D eigenvalue weighted by molar-refractivity contribution is 7.92. The number of halogens is 3. The quantitative estimate of drug-likeness (QED) is 0.768. The molecule has 0 aliphatic rings. The molecule has 0 radical (unpaired) electrons. The maximum Gasteiger partial charge on any atom is 0.497 e. The van der Waals surface area contributed by atoms with Crippen molar-refractivity contribution in [1.29, 1.82) is 0 Å². The Labute approximate surface area is 98.4 Å². The summed E-state index contributed by atoms with van der Waals surface area (Å²) in [5.74, 6) is -0.830. The molecule has 0 aliphatic heterocycles. The standard InChI is InChI=1S/C11H13F3O2S/c12-11(13,14)17(15,16)9-5-4-8-10-6-2-1-3-7-10/h1-3,6-7H,4-5,8-9H2. The van der Waals surface area contributed by atoms with Gasteiger partial charge in [0.1, 0.15) is 0 Å². The summed E-state index contributed by atoms with van der Waals surface area (Å²) in [5.41, 5.74) is -4.13. The van der Waals surface area contributed by atoms with Crippen molar-refractivity contribution in [1.82, 2.24) is 0 Å². The lowest BCUT2D eigenvalue weighted by Gasteiger charge is -2.07. The van der Waals surface area contributed by atoms with E-state index in [1.165, 1.54) is 0 Å². The minimum Gasteiger partial charge on any atom is -0.220 e. The first-order valence-electron chi connectivity index (χ1n) is 5.16. The highest BCUT2D eigenvalue weighted by Crippen LogP contribution is 2.24. The van der Waals surface area contributed by atoms with Gasteiger partial charge in [0.05, 0.1) is 5.75 Å². The predicted molar refractivity (Wildman–Crippen MR) is 59.2 cm³/mol. The molecule has 0 unspecified atom stereocenters. The summed E-state index contributed by atoms with van der Waals surface area (Å²) in [6, 6.07) is 9.23. The van der Waals surface area contributed by atoms with Crippen molar-refractivity contribution in [3.8, 4) is 0 Å². The van der Waals surface area contributed by atoms with Gasteiger partial charge in [-0.1, -0.05) is 30.3 Å². The van der Waals surface area contributed by atoms with Gasteiger partial charge < -0.3 is 0 Å². The number of alkyl halides is 3. The van der Waals surface area contributed by atoms with Gasteiger partial charge in [-0.15, -0.1) is 0 Å². The fourth-order valence-electron chi connectivity index (χ4n) is 1.38. The molecule has 1 rings (SSSR count). The summed E-state index contributed by atoms with van der Waals surface area (Å²) in [6.07, 6.45) is 1.05. The third-order valence-electron chi connectivity index (χ3n) is 2.32. The molecule has 0 saturated heterocycles. The summed E-state index contributed by atoms with van der Waals surface area (Å²) in [6.45, 7) is 0. The lowest BCUT2D eigenvalue weighted by atomic mass is 10.1. The molecule has 0 amide bonds. The summed E-state index contributed by atoms with van der Waals surface area (Å²) >= 11 is 0. The highest BCUT2D eigenvalue weighted by atomic mass is 32.2. The van der Waals surface area contributed by atoms with Crippen molar-refractivity contribution < 1.29 is 21.6 Å². The second-order valence-electron chi connectivity index (χ2n) is 3.71. The molecule has 0 aliphatic carbocycles. The summed E-state index contributed by atoms with van der Waals surface area (Å²) in [4.78, 5) is 0. The van der Waals surface area contributed by atoms with E-state index in [1.54, 1.807) is 0 Å². The van der Waals surface area contributed by atoms with E-state index in [2.05, 4.69) is 0 Å². The van der Waals surface area contributed by atoms with Crippen molar-refractivity contribution in [2.24, 2.45) is 0 Å². The van der Waals surface area contributed by atoms with E-state index < -0.39 is 21.1 Å². The highest BCUT2D eigenvalue weighted by Gasteiger charge is 2.44. The Hall–Kier alpha value is -1.04. The third-order valence-corrected chi connectivity index (χ3v) is 3.86. The van der Waals surface area contributed by atoms with Crippen LogP contribution < -0.4 is 0 Å². The third kappa shape index (κ3) is 4.38. The molecule has 0 fully saturated rings. The van der Waals surface area contributed by atoms with E-state index in [-0.39, 0.29) is 6.42 Å². The molecule has 0 bridgehead atoms. The zero-order valence-electron chi connectivity index (χ0n) is 9.07. The number of sulfone groups is 1. The Morgan fingerprint density at radius 3 is 2.12 bits per heavy atom. The van der Waals surface area contributed by atoms with Crippen LogP contribution >= 0.6 is 0 Å². The molecule has 2 nitrogen and oxygen atoms in total. The van der Waals surface area contributed by atoms with Crippen LogP contribution in [0.3, 0.4) is 0 Å². The maximum absolute atomic E-state index is 12.0. The van der Waals surface area contributed by atoms with Crippen molar-refractivity contribution in [3.05, 3.63) is 35.9 Å². The van der Waals surface area contributed by atoms with E-state index in [0.29, 0.717) is 12.8 Å². The van der Waals surface area contributed by atoms with Gasteiger partial charge in [-0.3, -0.25) is 0 Å². The second kappa shape index (κ2) is 5.53. The van der Waals surface area contributed by atoms with Crippen LogP contribution in [-0.4, -0.2) is 19.7 Å². The van der Waals surface area contributed by atoms with E-state index in [9.17, 15) is 21.6 Å². The number of hydrogen-bond acceptors (Lipinski definition) is 2. The maximum atomic E-state index is 12.0. The van der Waals surface area contributed by atoms with Crippen LogP contribution in [0.25, 0.3) is 0 Å². The number of unbranched alkanes of at least 4 members (excludes halogenated alkanes) is 1. The first-order chi connectivity index (χ1) is 7.83. The molecule has 6 heteroatoms. The molecule has 1 aromatic rings. The van der Waals surface area contributed by atoms with Crippen LogP contribution in [0.1, 0.15) is 18.4 Å². The smallest absolute Gasteiger partial charge is 0.220 e. The van der Waals surface area contributed by atoms with Crippen molar-refractivity contribution >= 4 is 9.84 Å². The number of benzene rings is 1. The topological polar surface area (TPSA) is 34.1 Å². The fraction of sp³-hybridized carbons (Fsp3) is 0.455. The minimum absolute atomic E-state index is 0.0245. The van der Waals surface area contributed by atoms with Crippen LogP contribution in [0.15, 0.2) is 30.3 Å². The molecule has 0 spiro atoms. The molecular formula is C11H13F3O2S. The largest absolute Gasteiger partial charge is 0.497 e. The van der Waals surface area contributed by atoms with Crippen LogP contribution in [0, 0.1) is 0 Å². The average molecular weight is 266 g/mol. The second-order valence-corrected chi connectivity index (χ2v) is 5.81. The SMILES string of the molecule is O=S(=O)(CCCCc1ccccc1)C(F)(F)F. The molecule has 0 saturated carbocycles. The Kier molecular flexibility index (Phi) is 4.56. The lowest BCUT2D eigenvalue weighted by Crippen LogP contribution is -2.26. The van der Waals surface area contributed by atoms with Crippen LogP contribution in [-0.2, 0) is 16.3 Å². The first kappa shape index (κ1) is 14.0. The van der Waals surface area contributed by atoms with Gasteiger partial charge in [0.25, 0.3) is 0 Å². The fourth-order valence-corrected chi connectivity index (χ4v) is 2.20. The van der Waals surface area contributed by atoms with Crippen molar-refractivity contribution in [2.45, 2.75) is 24.8 Å². The zero-order chi connectivity index (χ0) is 12.9. The van der Waals surface area contributed by atoms with Crippen molar-refractivity contribution in [3.63, 3.8) is 0 Å². The summed E-state index contributed by atoms with van der Waals surface area (Å²) < 4.78 is 57.5. The lowest BCUT2D eigenvalue weighted by molar-refractivity contribution is -0.0435. The van der Waals surface area contributed by atoms with Gasteiger partial charge in [0.15, 0.2) is 0 Å². The molecule has 17 heavy (non-hydrogen) atoms. The monoisotopic (exact) mass is 266 g/mol. The van der Waals surface area contributed by atoms with Crippen LogP contribution in [0.5, 0.6) is 0 Å². The molecule has 1 aromatic carbocycles. The average Bonchev–Trinajstić information content (AvgIpc) is 2.24. The molecule has 0 N–H and O–H groups in total. The van der Waals surface area contributed by atoms with Crippen LogP contribution in [0.4, 0.5) is 13.2 Å². The van der Waals surface area contributed by atoms with Gasteiger partial charge in [-0.25, -0.2) is 8.42 Å². The van der Waals surface area contributed by atoms with Crippen molar-refractivity contribution in [2.75, 3.05) is 5.75 Å². The van der Waals surface area contributed by atoms with Gasteiger partial charge in [-0.2, -0.15) is 13.2 Å². The van der Waals surface area contributed by atoms with Gasteiger partial charge >= 0.3 is 5.51 Å². The molecule has 0 heterocycles. The van der Waals surface area contributed by atoms with Crippen LogP contribution in [0.2, 0.25) is 0 Å². The summed E-state index contributed by atoms with van der Waals surface area (Å²) in [5, 5.41) is 0. The van der Waals surface area contributed by atoms with E-state index >= 15 is 0 Å². The first-order valence-corrected chi connectivity index (χ1v) is 6.81. The van der Waals surface area contributed by atoms with E-state index in [1.807, 2.05) is 30.3 Å². The number of rotatable bonds is 5. The number of aryl methyl sites for hydroxylation is 1. The summed E-state index contributed by atoms with van der Waals surface area (Å²) in [7, 11) is -4.95. The zero-order valence-corrected chi connectivity index (χ0v) is 9.89. The molecular weight excluding hydrogens is 253 g/mol. The minimum atomic E-state index is -5.13. The van der Waals surface area contributed by atoms with Gasteiger partial charge in [0, 0.05) is 0 Å². The number of hydrogen-bond donors (Lipinski definition) is 0. The Bertz CT molecular complexity index is 438. The van der Waals surface area contributed by atoms with E-state index in [4.69, 9.17) is 0 Å². The predicted octanol–water partition coefficient (Wildman–Crippen LogP) is 2.94. The molecule has 0 atom stereocenters. The Balaban J connectivity index is 2.35. The van der Waals surface area contributed by atoms with Gasteiger partial charge in [-0.05, 0) is 24.8 Å². The Morgan fingerprint density at radius 1 is 1.00 bits per heavy atom. The normalized spacial score (nSPS) is 12.6. The van der Waals surface area contributed by atoms with E-state index in [0.717, 1.165) is 5.56 Å². The molecule has 96 valence electrons. The van der Waals surface area contributed by atoms with Gasteiger partial charge in [0.2, 0.25) is 9.84 Å². The molecule has 0 aromatic heterocycles. The Morgan fingerprint density at radius 2 is 1.59 bits per heavy atom.